The van der Waals surface area contributed by atoms with Crippen molar-refractivity contribution in [3.8, 4) is 0 Å². The minimum atomic E-state index is -1.05. The van der Waals surface area contributed by atoms with Gasteiger partial charge in [0.15, 0.2) is 6.29 Å². The van der Waals surface area contributed by atoms with Crippen molar-refractivity contribution in [3.05, 3.63) is 0 Å². The van der Waals surface area contributed by atoms with Crippen molar-refractivity contribution in [3.63, 3.8) is 0 Å². The molecule has 124 valence electrons. The Hall–Kier alpha value is -0.890. The van der Waals surface area contributed by atoms with Crippen molar-refractivity contribution < 1.29 is 24.1 Å². The van der Waals surface area contributed by atoms with E-state index in [4.69, 9.17) is 19.9 Å². The molecule has 0 spiro atoms. The molecule has 1 amide bonds. The van der Waals surface area contributed by atoms with Gasteiger partial charge in [0.25, 0.3) is 0 Å². The summed E-state index contributed by atoms with van der Waals surface area (Å²) in [5.74, 6) is 0. The number of ether oxygens (including phenoxy) is 3. The molecule has 0 aromatic heterocycles. The second-order valence-electron chi connectivity index (χ2n) is 6.67. The lowest BCUT2D eigenvalue weighted by atomic mass is 9.86. The number of likely N-dealkylation sites (N-methyl/N-ethyl adjacent to an activating group) is 1. The van der Waals surface area contributed by atoms with Gasteiger partial charge in [0, 0.05) is 13.7 Å². The summed E-state index contributed by atoms with van der Waals surface area (Å²) < 4.78 is 16.1. The van der Waals surface area contributed by atoms with Gasteiger partial charge in [-0.2, -0.15) is 0 Å². The second kappa shape index (κ2) is 6.48. The second-order valence-corrected chi connectivity index (χ2v) is 6.67. The fourth-order valence-electron chi connectivity index (χ4n) is 2.41. The molecule has 7 heteroatoms. The smallest absolute Gasteiger partial charge is 0.410 e. The minimum Gasteiger partial charge on any atom is -0.444 e. The van der Waals surface area contributed by atoms with Gasteiger partial charge in [-0.1, -0.05) is 0 Å². The highest BCUT2D eigenvalue weighted by atomic mass is 16.7. The first-order chi connectivity index (χ1) is 9.49. The van der Waals surface area contributed by atoms with Crippen LogP contribution in [-0.4, -0.2) is 65.9 Å². The van der Waals surface area contributed by atoms with Gasteiger partial charge in [0.1, 0.15) is 11.7 Å². The summed E-state index contributed by atoms with van der Waals surface area (Å²) in [6, 6.07) is -0.669. The largest absolute Gasteiger partial charge is 0.444 e. The topological polar surface area (TPSA) is 94.3 Å². The summed E-state index contributed by atoms with van der Waals surface area (Å²) in [4.78, 5) is 13.5. The molecule has 3 N–H and O–H groups in total. The van der Waals surface area contributed by atoms with E-state index in [-0.39, 0.29) is 6.61 Å². The average molecular weight is 304 g/mol. The SMILES string of the molecule is CCOC1OCC(C)(N)C(N(C)C(=O)OC(C)(C)C)C1O. The first-order valence-electron chi connectivity index (χ1n) is 7.15. The van der Waals surface area contributed by atoms with Crippen LogP contribution >= 0.6 is 0 Å². The van der Waals surface area contributed by atoms with Gasteiger partial charge < -0.3 is 30.0 Å². The van der Waals surface area contributed by atoms with E-state index in [2.05, 4.69) is 0 Å². The van der Waals surface area contributed by atoms with E-state index >= 15 is 0 Å². The minimum absolute atomic E-state index is 0.173. The summed E-state index contributed by atoms with van der Waals surface area (Å²) in [5.41, 5.74) is 4.66. The molecule has 1 saturated heterocycles. The van der Waals surface area contributed by atoms with Crippen molar-refractivity contribution in [2.75, 3.05) is 20.3 Å². The molecule has 1 aliphatic rings. The molecule has 21 heavy (non-hydrogen) atoms. The molecule has 4 unspecified atom stereocenters. The maximum atomic E-state index is 12.2. The standard InChI is InChI=1S/C14H28N2O5/c1-7-19-11-9(17)10(14(5,15)8-20-11)16(6)12(18)21-13(2,3)4/h9-11,17H,7-8,15H2,1-6H3. The summed E-state index contributed by atoms with van der Waals surface area (Å²) in [5, 5.41) is 10.4. The molecule has 0 aliphatic carbocycles. The highest BCUT2D eigenvalue weighted by Gasteiger charge is 2.49. The van der Waals surface area contributed by atoms with Crippen LogP contribution in [0.5, 0.6) is 0 Å². The van der Waals surface area contributed by atoms with Crippen LogP contribution in [0.25, 0.3) is 0 Å². The van der Waals surface area contributed by atoms with E-state index in [0.717, 1.165) is 0 Å². The van der Waals surface area contributed by atoms with Crippen molar-refractivity contribution in [1.29, 1.82) is 0 Å². The van der Waals surface area contributed by atoms with Gasteiger partial charge in [-0.05, 0) is 34.6 Å². The average Bonchev–Trinajstić information content (AvgIpc) is 2.30. The van der Waals surface area contributed by atoms with Crippen molar-refractivity contribution in [2.45, 2.75) is 64.2 Å². The molecule has 0 aromatic carbocycles. The van der Waals surface area contributed by atoms with Gasteiger partial charge in [0.2, 0.25) is 0 Å². The molecule has 0 aromatic rings. The van der Waals surface area contributed by atoms with E-state index in [1.807, 2.05) is 0 Å². The van der Waals surface area contributed by atoms with Crippen LogP contribution in [0.15, 0.2) is 0 Å². The predicted molar refractivity (Wildman–Crippen MR) is 77.8 cm³/mol. The molecule has 0 bridgehead atoms. The molecule has 1 fully saturated rings. The van der Waals surface area contributed by atoms with E-state index in [1.165, 1.54) is 4.90 Å². The van der Waals surface area contributed by atoms with Crippen LogP contribution in [0.2, 0.25) is 0 Å². The number of carbonyl (C=O) groups is 1. The number of aliphatic hydroxyl groups is 1. The number of carbonyl (C=O) groups excluding carboxylic acids is 1. The highest BCUT2D eigenvalue weighted by molar-refractivity contribution is 5.68. The van der Waals surface area contributed by atoms with E-state index in [9.17, 15) is 9.90 Å². The number of nitrogens with two attached hydrogens (primary N) is 1. The zero-order chi connectivity index (χ0) is 16.4. The molecule has 1 heterocycles. The normalized spacial score (nSPS) is 33.6. The molecule has 0 saturated carbocycles. The zero-order valence-electron chi connectivity index (χ0n) is 13.8. The predicted octanol–water partition coefficient (Wildman–Crippen LogP) is 0.693. The lowest BCUT2D eigenvalue weighted by molar-refractivity contribution is -0.246. The molecule has 4 atom stereocenters. The lowest BCUT2D eigenvalue weighted by Gasteiger charge is -2.48. The van der Waals surface area contributed by atoms with Crippen LogP contribution in [0, 0.1) is 0 Å². The van der Waals surface area contributed by atoms with Crippen molar-refractivity contribution in [2.24, 2.45) is 5.73 Å². The van der Waals surface area contributed by atoms with Crippen molar-refractivity contribution >= 4 is 6.09 Å². The van der Waals surface area contributed by atoms with E-state index < -0.39 is 35.7 Å². The van der Waals surface area contributed by atoms with E-state index in [0.29, 0.717) is 6.61 Å². The fourth-order valence-corrected chi connectivity index (χ4v) is 2.41. The number of nitrogens with zero attached hydrogens (tertiary/aromatic N) is 1. The third-order valence-electron chi connectivity index (χ3n) is 3.27. The Morgan fingerprint density at radius 3 is 2.57 bits per heavy atom. The monoisotopic (exact) mass is 304 g/mol. The number of amides is 1. The van der Waals surface area contributed by atoms with Crippen LogP contribution in [0.3, 0.4) is 0 Å². The molecular weight excluding hydrogens is 276 g/mol. The Morgan fingerprint density at radius 2 is 2.10 bits per heavy atom. The summed E-state index contributed by atoms with van der Waals surface area (Å²) in [7, 11) is 1.56. The zero-order valence-corrected chi connectivity index (χ0v) is 13.8. The van der Waals surface area contributed by atoms with Gasteiger partial charge in [-0.25, -0.2) is 4.79 Å². The lowest BCUT2D eigenvalue weighted by Crippen LogP contribution is -2.70. The number of rotatable bonds is 3. The molecule has 0 radical (unpaired) electrons. The highest BCUT2D eigenvalue weighted by Crippen LogP contribution is 2.27. The van der Waals surface area contributed by atoms with Crippen molar-refractivity contribution in [1.82, 2.24) is 4.90 Å². The van der Waals surface area contributed by atoms with Gasteiger partial charge in [0.05, 0.1) is 18.2 Å². The Bertz CT molecular complexity index is 367. The third kappa shape index (κ3) is 4.54. The van der Waals surface area contributed by atoms with Crippen LogP contribution in [-0.2, 0) is 14.2 Å². The van der Waals surface area contributed by atoms with Crippen LogP contribution < -0.4 is 5.73 Å². The Balaban J connectivity index is 2.90. The maximum absolute atomic E-state index is 12.2. The number of hydrogen-bond donors (Lipinski definition) is 2. The third-order valence-corrected chi connectivity index (χ3v) is 3.27. The fraction of sp³-hybridized carbons (Fsp3) is 0.929. The summed E-state index contributed by atoms with van der Waals surface area (Å²) >= 11 is 0. The Morgan fingerprint density at radius 1 is 1.52 bits per heavy atom. The number of aliphatic hydroxyl groups excluding tert-OH is 1. The van der Waals surface area contributed by atoms with Crippen LogP contribution in [0.4, 0.5) is 4.79 Å². The first-order valence-corrected chi connectivity index (χ1v) is 7.15. The Kier molecular flexibility index (Phi) is 5.60. The summed E-state index contributed by atoms with van der Waals surface area (Å²) in [6.07, 6.45) is -2.40. The van der Waals surface area contributed by atoms with Gasteiger partial charge >= 0.3 is 6.09 Å². The molecule has 1 rings (SSSR count). The Labute approximate surface area is 126 Å². The quantitative estimate of drug-likeness (QED) is 0.797. The summed E-state index contributed by atoms with van der Waals surface area (Å²) in [6.45, 7) is 9.44. The molecule has 1 aliphatic heterocycles. The van der Waals surface area contributed by atoms with E-state index in [1.54, 1.807) is 41.7 Å². The maximum Gasteiger partial charge on any atom is 0.410 e. The van der Waals surface area contributed by atoms with Gasteiger partial charge in [-0.3, -0.25) is 0 Å². The molecule has 7 nitrogen and oxygen atoms in total. The van der Waals surface area contributed by atoms with Crippen LogP contribution in [0.1, 0.15) is 34.6 Å². The molecular formula is C14H28N2O5. The number of hydrogen-bond acceptors (Lipinski definition) is 6. The van der Waals surface area contributed by atoms with Gasteiger partial charge in [-0.15, -0.1) is 0 Å². The first kappa shape index (κ1) is 18.2.